The number of benzene rings is 1. The van der Waals surface area contributed by atoms with Crippen LogP contribution in [0, 0.1) is 0 Å². The highest BCUT2D eigenvalue weighted by molar-refractivity contribution is 6.74. The monoisotopic (exact) mass is 443 g/mol. The zero-order valence-electron chi connectivity index (χ0n) is 21.0. The maximum absolute atomic E-state index is 6.39. The van der Waals surface area contributed by atoms with E-state index < -0.39 is 8.32 Å². The molecule has 1 aromatic rings. The van der Waals surface area contributed by atoms with Crippen molar-refractivity contribution in [3.05, 3.63) is 41.6 Å². The van der Waals surface area contributed by atoms with Crippen LogP contribution >= 0.6 is 0 Å². The molecule has 31 heavy (non-hydrogen) atoms. The Morgan fingerprint density at radius 2 is 1.90 bits per heavy atom. The molecule has 1 saturated heterocycles. The van der Waals surface area contributed by atoms with Gasteiger partial charge in [0.05, 0.1) is 12.1 Å². The van der Waals surface area contributed by atoms with E-state index in [4.69, 9.17) is 18.7 Å². The first-order valence-electron chi connectivity index (χ1n) is 11.2. The molecule has 2 aliphatic heterocycles. The number of aliphatic hydroxyl groups is 1. The van der Waals surface area contributed by atoms with Crippen LogP contribution in [-0.4, -0.2) is 62.2 Å². The molecule has 0 unspecified atom stereocenters. The molecule has 0 amide bonds. The van der Waals surface area contributed by atoms with Crippen molar-refractivity contribution in [1.29, 1.82) is 0 Å². The lowest BCUT2D eigenvalue weighted by Crippen LogP contribution is -2.43. The minimum absolute atomic E-state index is 0.208. The largest absolute Gasteiger partial charge is 0.732 e. The summed E-state index contributed by atoms with van der Waals surface area (Å²) in [6, 6.07) is 8.42. The molecule has 0 aliphatic carbocycles. The van der Waals surface area contributed by atoms with Gasteiger partial charge < -0.3 is 18.6 Å². The molecule has 5 nitrogen and oxygen atoms in total. The SMILES string of the molecule is CN1CC(CO[Si](C)(C)C(C)(C)C)=CN=C1c1cccc(B2OC(C)(C)C(C)(C)[OH+]2)c1. The minimum Gasteiger partial charge on any atom is -0.505 e. The van der Waals surface area contributed by atoms with E-state index in [0.717, 1.165) is 23.4 Å². The van der Waals surface area contributed by atoms with Crippen molar-refractivity contribution in [1.82, 2.24) is 4.90 Å². The molecule has 0 bridgehead atoms. The molecule has 0 atom stereocenters. The number of nitrogens with zero attached hydrogens (tertiary/aromatic N) is 2. The van der Waals surface area contributed by atoms with Crippen molar-refractivity contribution in [3.63, 3.8) is 0 Å². The molecule has 7 heteroatoms. The molecular formula is C24H40BN2O3Si+. The van der Waals surface area contributed by atoms with E-state index in [-0.39, 0.29) is 23.4 Å². The average molecular weight is 443 g/mol. The Bertz CT molecular complexity index is 871. The van der Waals surface area contributed by atoms with Gasteiger partial charge in [0.25, 0.3) is 0 Å². The van der Waals surface area contributed by atoms with E-state index >= 15 is 0 Å². The van der Waals surface area contributed by atoms with Crippen LogP contribution in [0.3, 0.4) is 0 Å². The summed E-state index contributed by atoms with van der Waals surface area (Å²) >= 11 is 0. The lowest BCUT2D eigenvalue weighted by atomic mass is 9.78. The number of rotatable bonds is 5. The van der Waals surface area contributed by atoms with Crippen molar-refractivity contribution < 1.29 is 13.7 Å². The second kappa shape index (κ2) is 8.18. The predicted octanol–water partition coefficient (Wildman–Crippen LogP) is 4.09. The number of hydrogen-bond acceptors (Lipinski definition) is 4. The van der Waals surface area contributed by atoms with Crippen LogP contribution in [0.25, 0.3) is 0 Å². The lowest BCUT2D eigenvalue weighted by molar-refractivity contribution is -0.0705. The molecule has 2 aliphatic rings. The Balaban J connectivity index is 1.76. The van der Waals surface area contributed by atoms with Gasteiger partial charge in [-0.2, -0.15) is 0 Å². The Labute approximate surface area is 190 Å². The zero-order chi connectivity index (χ0) is 23.2. The number of hydrogen-bond donors (Lipinski definition) is 0. The van der Waals surface area contributed by atoms with E-state index in [2.05, 4.69) is 97.8 Å². The molecule has 1 N–H and O–H groups in total. The van der Waals surface area contributed by atoms with Gasteiger partial charge in [-0.05, 0) is 43.6 Å². The third kappa shape index (κ3) is 5.00. The molecule has 1 fully saturated rings. The maximum atomic E-state index is 6.39. The first-order chi connectivity index (χ1) is 14.1. The fourth-order valence-corrected chi connectivity index (χ4v) is 4.39. The third-order valence-corrected chi connectivity index (χ3v) is 11.8. The normalized spacial score (nSPS) is 21.2. The van der Waals surface area contributed by atoms with E-state index in [1.165, 1.54) is 5.57 Å². The van der Waals surface area contributed by atoms with Crippen LogP contribution in [0.15, 0.2) is 41.0 Å². The summed E-state index contributed by atoms with van der Waals surface area (Å²) in [7, 11) is 0.0738. The fraction of sp³-hybridized carbons (Fsp3) is 0.625. The molecule has 0 saturated carbocycles. The van der Waals surface area contributed by atoms with Gasteiger partial charge in [-0.1, -0.05) is 39.0 Å². The minimum atomic E-state index is -1.77. The summed E-state index contributed by atoms with van der Waals surface area (Å²) in [5, 5.41) is 0.208. The Morgan fingerprint density at radius 3 is 2.45 bits per heavy atom. The van der Waals surface area contributed by atoms with E-state index in [9.17, 15) is 0 Å². The van der Waals surface area contributed by atoms with E-state index in [1.54, 1.807) is 0 Å². The highest BCUT2D eigenvalue weighted by Gasteiger charge is 2.59. The average Bonchev–Trinajstić information content (AvgIpc) is 2.87. The molecule has 1 aromatic carbocycles. The topological polar surface area (TPSA) is 46.9 Å². The van der Waals surface area contributed by atoms with E-state index in [0.29, 0.717) is 6.61 Å². The van der Waals surface area contributed by atoms with Gasteiger partial charge in [0.1, 0.15) is 11.4 Å². The fourth-order valence-electron chi connectivity index (χ4n) is 3.41. The van der Waals surface area contributed by atoms with Crippen LogP contribution in [0.5, 0.6) is 0 Å². The van der Waals surface area contributed by atoms with Crippen LogP contribution in [0.1, 0.15) is 54.0 Å². The van der Waals surface area contributed by atoms with Crippen LogP contribution < -0.4 is 5.46 Å². The zero-order valence-corrected chi connectivity index (χ0v) is 22.0. The van der Waals surface area contributed by atoms with Crippen LogP contribution in [0.2, 0.25) is 18.1 Å². The number of likely N-dealkylation sites (N-methyl/N-ethyl adjacent to an activating group) is 1. The highest BCUT2D eigenvalue weighted by Crippen LogP contribution is 2.37. The Kier molecular flexibility index (Phi) is 6.39. The summed E-state index contributed by atoms with van der Waals surface area (Å²) in [5.74, 6) is 0.967. The second-order valence-electron chi connectivity index (χ2n) is 11.4. The summed E-state index contributed by atoms with van der Waals surface area (Å²) in [6.07, 6.45) is 1.98. The van der Waals surface area contributed by atoms with Crippen molar-refractivity contribution in [2.24, 2.45) is 4.99 Å². The van der Waals surface area contributed by atoms with Crippen molar-refractivity contribution in [2.45, 2.75) is 77.8 Å². The second-order valence-corrected chi connectivity index (χ2v) is 16.2. The standard InChI is InChI=1S/C24H39BN2O3Si/c1-22(2,3)31(9,10)28-17-18-15-26-21(27(8)16-18)19-12-11-13-20(14-19)25-29-23(4,5)24(6,7)30-25/h11-15H,16-17H2,1-10H3/p+1. The third-order valence-electron chi connectivity index (χ3n) is 7.35. The number of amidine groups is 1. The molecule has 0 spiro atoms. The Morgan fingerprint density at radius 1 is 1.23 bits per heavy atom. The summed E-state index contributed by atoms with van der Waals surface area (Å²) < 4.78 is 17.6. The van der Waals surface area contributed by atoms with Gasteiger partial charge in [0.15, 0.2) is 13.9 Å². The summed E-state index contributed by atoms with van der Waals surface area (Å²) in [6.45, 7) is 21.3. The molecule has 170 valence electrons. The van der Waals surface area contributed by atoms with Gasteiger partial charge in [-0.25, -0.2) is 4.99 Å². The quantitative estimate of drug-likeness (QED) is 0.509. The van der Waals surface area contributed by atoms with Gasteiger partial charge >= 0.3 is 7.12 Å². The van der Waals surface area contributed by atoms with Crippen LogP contribution in [-0.2, 0) is 9.08 Å². The van der Waals surface area contributed by atoms with Gasteiger partial charge in [0.2, 0.25) is 0 Å². The van der Waals surface area contributed by atoms with Crippen molar-refractivity contribution in [2.75, 3.05) is 20.2 Å². The first-order valence-corrected chi connectivity index (χ1v) is 14.1. The highest BCUT2D eigenvalue weighted by atomic mass is 28.4. The Hall–Kier alpha value is -1.41. The predicted molar refractivity (Wildman–Crippen MR) is 134 cm³/mol. The lowest BCUT2D eigenvalue weighted by Gasteiger charge is -2.37. The smallest absolute Gasteiger partial charge is 0.505 e. The summed E-state index contributed by atoms with van der Waals surface area (Å²) in [5.41, 5.74) is 2.85. The van der Waals surface area contributed by atoms with Gasteiger partial charge in [0, 0.05) is 39.2 Å². The molecule has 0 aromatic heterocycles. The van der Waals surface area contributed by atoms with Gasteiger partial charge in [-0.15, -0.1) is 0 Å². The molecule has 0 radical (unpaired) electrons. The van der Waals surface area contributed by atoms with E-state index in [1.807, 2.05) is 6.20 Å². The molecule has 3 rings (SSSR count). The van der Waals surface area contributed by atoms with Crippen molar-refractivity contribution in [3.8, 4) is 0 Å². The first kappa shape index (κ1) is 24.2. The number of aliphatic imine (C=N–C) groups is 1. The molecule has 2 heterocycles. The van der Waals surface area contributed by atoms with Crippen LogP contribution in [0.4, 0.5) is 0 Å². The van der Waals surface area contributed by atoms with Crippen molar-refractivity contribution >= 4 is 26.7 Å². The van der Waals surface area contributed by atoms with Gasteiger partial charge in [-0.3, -0.25) is 0 Å². The maximum Gasteiger partial charge on any atom is 0.732 e. The molecular weight excluding hydrogens is 403 g/mol. The summed E-state index contributed by atoms with van der Waals surface area (Å²) in [4.78, 5) is 6.99.